The highest BCUT2D eigenvalue weighted by molar-refractivity contribution is 5.86. The van der Waals surface area contributed by atoms with Crippen LogP contribution in [0.4, 0.5) is 0 Å². The van der Waals surface area contributed by atoms with Crippen LogP contribution in [0.1, 0.15) is 38.5 Å². The molecule has 2 rings (SSSR count). The summed E-state index contributed by atoms with van der Waals surface area (Å²) in [6, 6.07) is 0. The summed E-state index contributed by atoms with van der Waals surface area (Å²) in [6.45, 7) is 0. The molecule has 204 valence electrons. The maximum Gasteiger partial charge on any atom is 0.237 e. The van der Waals surface area contributed by atoms with E-state index in [2.05, 4.69) is 0 Å². The van der Waals surface area contributed by atoms with Gasteiger partial charge < -0.3 is 0 Å². The Kier molecular flexibility index (Phi) is 12.6. The van der Waals surface area contributed by atoms with Crippen LogP contribution in [0.25, 0.3) is 0 Å². The van der Waals surface area contributed by atoms with Crippen LogP contribution >= 0.6 is 0 Å². The third-order valence-corrected chi connectivity index (χ3v) is 6.49. The SMILES string of the molecule is NNC(=O)C1CC(C(=O)NN)CC(C(=O)NN)C1.NNC(=O)C1CC(C(=O)NN)CC(C(=O)NN)C1. The van der Waals surface area contributed by atoms with Crippen LogP contribution in [0, 0.1) is 35.5 Å². The van der Waals surface area contributed by atoms with Crippen molar-refractivity contribution in [3.63, 3.8) is 0 Å². The summed E-state index contributed by atoms with van der Waals surface area (Å²) in [7, 11) is 0. The lowest BCUT2D eigenvalue weighted by Crippen LogP contribution is -2.47. The fraction of sp³-hybridized carbons (Fsp3) is 0.667. The molecule has 18 nitrogen and oxygen atoms in total. The van der Waals surface area contributed by atoms with E-state index in [1.807, 2.05) is 32.6 Å². The van der Waals surface area contributed by atoms with Gasteiger partial charge in [-0.1, -0.05) is 0 Å². The van der Waals surface area contributed by atoms with E-state index in [9.17, 15) is 28.8 Å². The van der Waals surface area contributed by atoms with Crippen LogP contribution in [0.3, 0.4) is 0 Å². The van der Waals surface area contributed by atoms with Gasteiger partial charge in [0, 0.05) is 35.5 Å². The molecule has 0 atom stereocenters. The number of carbonyl (C=O) groups is 6. The van der Waals surface area contributed by atoms with Crippen molar-refractivity contribution in [3.05, 3.63) is 0 Å². The second-order valence-electron chi connectivity index (χ2n) is 8.65. The minimum Gasteiger partial charge on any atom is -0.294 e. The van der Waals surface area contributed by atoms with Gasteiger partial charge in [-0.2, -0.15) is 0 Å². The monoisotopic (exact) mass is 516 g/mol. The van der Waals surface area contributed by atoms with Gasteiger partial charge in [-0.25, -0.2) is 35.1 Å². The van der Waals surface area contributed by atoms with E-state index in [-0.39, 0.29) is 0 Å². The summed E-state index contributed by atoms with van der Waals surface area (Å²) >= 11 is 0. The molecule has 0 aromatic carbocycles. The average Bonchev–Trinajstić information content (AvgIpc) is 2.93. The van der Waals surface area contributed by atoms with Gasteiger partial charge in [0.05, 0.1) is 0 Å². The summed E-state index contributed by atoms with van der Waals surface area (Å²) in [4.78, 5) is 69.1. The first-order valence-corrected chi connectivity index (χ1v) is 11.1. The Morgan fingerprint density at radius 1 is 0.333 bits per heavy atom. The molecule has 2 aliphatic rings. The predicted molar refractivity (Wildman–Crippen MR) is 123 cm³/mol. The minimum atomic E-state index is -0.506. The number of nitrogens with one attached hydrogen (secondary N) is 6. The molecule has 2 aliphatic carbocycles. The van der Waals surface area contributed by atoms with Crippen molar-refractivity contribution in [2.75, 3.05) is 0 Å². The van der Waals surface area contributed by atoms with Crippen molar-refractivity contribution in [2.45, 2.75) is 38.5 Å². The molecule has 0 unspecified atom stereocenters. The van der Waals surface area contributed by atoms with Gasteiger partial charge in [0.25, 0.3) is 0 Å². The second kappa shape index (κ2) is 14.9. The quantitative estimate of drug-likeness (QED) is 0.0891. The Balaban J connectivity index is 0.000000360. The summed E-state index contributed by atoms with van der Waals surface area (Å²) in [5.74, 6) is 24.9. The van der Waals surface area contributed by atoms with Gasteiger partial charge >= 0.3 is 0 Å². The first-order valence-electron chi connectivity index (χ1n) is 11.1. The smallest absolute Gasteiger partial charge is 0.237 e. The molecule has 0 radical (unpaired) electrons. The molecular weight excluding hydrogens is 480 g/mol. The standard InChI is InChI=1S/2C9H18N6O3/c2*10-13-7(16)4-1-5(8(17)14-11)3-6(2-4)9(18)15-12/h2*4-6H,1-3,10-12H2,(H,13,16)(H,14,17)(H,15,18). The first-order chi connectivity index (χ1) is 17.1. The predicted octanol–water partition coefficient (Wildman–Crippen LogP) is -6.02. The summed E-state index contributed by atoms with van der Waals surface area (Å²) in [5.41, 5.74) is 12.1. The molecule has 6 amide bonds. The third kappa shape index (κ3) is 8.36. The lowest BCUT2D eigenvalue weighted by Gasteiger charge is -2.31. The van der Waals surface area contributed by atoms with E-state index >= 15 is 0 Å². The van der Waals surface area contributed by atoms with E-state index in [1.54, 1.807) is 0 Å². The molecule has 0 bridgehead atoms. The molecular formula is C18H36N12O6. The highest BCUT2D eigenvalue weighted by Crippen LogP contribution is 2.34. The van der Waals surface area contributed by atoms with Crippen LogP contribution < -0.4 is 67.6 Å². The highest BCUT2D eigenvalue weighted by atomic mass is 16.2. The lowest BCUT2D eigenvalue weighted by molar-refractivity contribution is -0.137. The topological polar surface area (TPSA) is 331 Å². The highest BCUT2D eigenvalue weighted by Gasteiger charge is 2.39. The molecule has 2 fully saturated rings. The van der Waals surface area contributed by atoms with Crippen LogP contribution in [0.15, 0.2) is 0 Å². The molecule has 2 saturated carbocycles. The fourth-order valence-corrected chi connectivity index (χ4v) is 4.63. The number of amides is 6. The van der Waals surface area contributed by atoms with Crippen molar-refractivity contribution < 1.29 is 28.8 Å². The fourth-order valence-electron chi connectivity index (χ4n) is 4.63. The molecule has 18 N–H and O–H groups in total. The minimum absolute atomic E-state index is 0.306. The molecule has 18 heteroatoms. The van der Waals surface area contributed by atoms with E-state index in [4.69, 9.17) is 35.1 Å². The van der Waals surface area contributed by atoms with E-state index in [0.717, 1.165) is 0 Å². The Morgan fingerprint density at radius 3 is 0.528 bits per heavy atom. The van der Waals surface area contributed by atoms with Crippen LogP contribution in [-0.2, 0) is 28.8 Å². The summed E-state index contributed by atoms with van der Waals surface area (Å²) in [5, 5.41) is 0. The molecule has 0 aromatic heterocycles. The summed E-state index contributed by atoms with van der Waals surface area (Å²) in [6.07, 6.45) is 1.84. The summed E-state index contributed by atoms with van der Waals surface area (Å²) < 4.78 is 0. The van der Waals surface area contributed by atoms with Crippen molar-refractivity contribution in [1.82, 2.24) is 32.6 Å². The largest absolute Gasteiger partial charge is 0.294 e. The normalized spacial score (nSPS) is 27.2. The van der Waals surface area contributed by atoms with E-state index < -0.39 is 71.0 Å². The number of rotatable bonds is 6. The van der Waals surface area contributed by atoms with E-state index in [0.29, 0.717) is 38.5 Å². The maximum atomic E-state index is 11.5. The Bertz CT molecular complexity index is 644. The maximum absolute atomic E-state index is 11.5. The third-order valence-electron chi connectivity index (χ3n) is 6.49. The van der Waals surface area contributed by atoms with Crippen LogP contribution in [-0.4, -0.2) is 35.4 Å². The van der Waals surface area contributed by atoms with Crippen molar-refractivity contribution in [2.24, 2.45) is 70.6 Å². The number of hydrogen-bond acceptors (Lipinski definition) is 12. The first kappa shape index (κ1) is 30.6. The second-order valence-corrected chi connectivity index (χ2v) is 8.65. The van der Waals surface area contributed by atoms with Crippen molar-refractivity contribution in [3.8, 4) is 0 Å². The zero-order chi connectivity index (χ0) is 27.4. The molecule has 36 heavy (non-hydrogen) atoms. The molecule has 0 aliphatic heterocycles. The average molecular weight is 517 g/mol. The Hall–Kier alpha value is -3.42. The van der Waals surface area contributed by atoms with Gasteiger partial charge in [0.1, 0.15) is 0 Å². The van der Waals surface area contributed by atoms with Crippen LogP contribution in [0.5, 0.6) is 0 Å². The van der Waals surface area contributed by atoms with Gasteiger partial charge in [0.15, 0.2) is 0 Å². The number of hydrogen-bond donors (Lipinski definition) is 12. The van der Waals surface area contributed by atoms with Gasteiger partial charge in [0.2, 0.25) is 35.4 Å². The molecule has 0 heterocycles. The van der Waals surface area contributed by atoms with Crippen LogP contribution in [0.2, 0.25) is 0 Å². The van der Waals surface area contributed by atoms with Crippen molar-refractivity contribution >= 4 is 35.4 Å². The Morgan fingerprint density at radius 2 is 0.444 bits per heavy atom. The van der Waals surface area contributed by atoms with Gasteiger partial charge in [-0.15, -0.1) is 0 Å². The van der Waals surface area contributed by atoms with Gasteiger partial charge in [-0.3, -0.25) is 61.3 Å². The number of nitrogens with two attached hydrogens (primary N) is 6. The number of carbonyl (C=O) groups excluding carboxylic acids is 6. The molecule has 0 aromatic rings. The zero-order valence-corrected chi connectivity index (χ0v) is 19.6. The molecule has 0 spiro atoms. The van der Waals surface area contributed by atoms with Gasteiger partial charge in [-0.05, 0) is 38.5 Å². The Labute approximate surface area is 206 Å². The lowest BCUT2D eigenvalue weighted by atomic mass is 9.74. The zero-order valence-electron chi connectivity index (χ0n) is 19.6. The number of hydrazine groups is 6. The van der Waals surface area contributed by atoms with E-state index in [1.165, 1.54) is 0 Å². The molecule has 0 saturated heterocycles. The van der Waals surface area contributed by atoms with Crippen molar-refractivity contribution in [1.29, 1.82) is 0 Å².